The average Bonchev–Trinajstić information content (AvgIpc) is 2.20. The lowest BCUT2D eigenvalue weighted by Crippen LogP contribution is -2.37. The van der Waals surface area contributed by atoms with E-state index in [1.165, 1.54) is 17.5 Å². The van der Waals surface area contributed by atoms with Crippen molar-refractivity contribution in [3.05, 3.63) is 23.5 Å². The Morgan fingerprint density at radius 2 is 2.12 bits per heavy atom. The molecule has 0 saturated heterocycles. The van der Waals surface area contributed by atoms with E-state index in [1.807, 2.05) is 0 Å². The van der Waals surface area contributed by atoms with Crippen LogP contribution in [0.15, 0.2) is 18.3 Å². The summed E-state index contributed by atoms with van der Waals surface area (Å²) in [5.74, 6) is 0. The molecule has 0 fully saturated rings. The molecule has 0 spiro atoms. The summed E-state index contributed by atoms with van der Waals surface area (Å²) in [7, 11) is -2.08. The van der Waals surface area contributed by atoms with E-state index in [4.69, 9.17) is 11.6 Å². The molecule has 1 heterocycles. The molecule has 0 unspecified atom stereocenters. The van der Waals surface area contributed by atoms with Gasteiger partial charge in [-0.2, -0.15) is 12.7 Å². The Bertz CT molecular complexity index is 462. The Morgan fingerprint density at radius 3 is 2.62 bits per heavy atom. The van der Waals surface area contributed by atoms with Crippen LogP contribution in [0.3, 0.4) is 0 Å². The first kappa shape index (κ1) is 13.2. The summed E-state index contributed by atoms with van der Waals surface area (Å²) in [6.45, 7) is 3.56. The van der Waals surface area contributed by atoms with Gasteiger partial charge in [0.05, 0.1) is 5.69 Å². The number of hydrogen-bond acceptors (Lipinski definition) is 3. The van der Waals surface area contributed by atoms with Crippen molar-refractivity contribution in [3.63, 3.8) is 0 Å². The monoisotopic (exact) mass is 263 g/mol. The van der Waals surface area contributed by atoms with Gasteiger partial charge in [0.2, 0.25) is 0 Å². The highest BCUT2D eigenvalue weighted by Crippen LogP contribution is 2.20. The van der Waals surface area contributed by atoms with Crippen molar-refractivity contribution in [2.24, 2.45) is 0 Å². The summed E-state index contributed by atoms with van der Waals surface area (Å²) in [6, 6.07) is 3.04. The Hall–Kier alpha value is -0.850. The van der Waals surface area contributed by atoms with Gasteiger partial charge in [0.25, 0.3) is 0 Å². The van der Waals surface area contributed by atoms with Crippen LogP contribution in [0.5, 0.6) is 0 Å². The maximum absolute atomic E-state index is 11.8. The first-order chi connectivity index (χ1) is 7.34. The summed E-state index contributed by atoms with van der Waals surface area (Å²) in [5.41, 5.74) is 0.275. The number of hydrogen-bond donors (Lipinski definition) is 1. The summed E-state index contributed by atoms with van der Waals surface area (Å²) in [5, 5.41) is 0.128. The minimum atomic E-state index is -3.58. The van der Waals surface area contributed by atoms with Gasteiger partial charge in [0.1, 0.15) is 0 Å². The highest BCUT2D eigenvalue weighted by molar-refractivity contribution is 7.90. The zero-order valence-corrected chi connectivity index (χ0v) is 10.9. The van der Waals surface area contributed by atoms with Crippen molar-refractivity contribution in [2.75, 3.05) is 11.8 Å². The summed E-state index contributed by atoms with van der Waals surface area (Å²) in [6.07, 6.45) is 1.49. The molecule has 7 heteroatoms. The fraction of sp³-hybridized carbons (Fsp3) is 0.444. The number of anilines is 1. The van der Waals surface area contributed by atoms with E-state index < -0.39 is 10.2 Å². The number of nitrogens with zero attached hydrogens (tertiary/aromatic N) is 2. The number of nitrogens with one attached hydrogen (secondary N) is 1. The first-order valence-electron chi connectivity index (χ1n) is 4.71. The van der Waals surface area contributed by atoms with E-state index in [0.717, 1.165) is 0 Å². The van der Waals surface area contributed by atoms with Crippen LogP contribution in [-0.4, -0.2) is 30.8 Å². The minimum Gasteiger partial charge on any atom is -0.268 e. The molecule has 0 atom stereocenters. The second kappa shape index (κ2) is 4.99. The normalized spacial score (nSPS) is 12.1. The number of aromatic nitrogens is 1. The van der Waals surface area contributed by atoms with Gasteiger partial charge in [-0.3, -0.25) is 4.72 Å². The van der Waals surface area contributed by atoms with Gasteiger partial charge in [-0.05, 0) is 26.0 Å². The molecule has 0 radical (unpaired) electrons. The molecule has 0 saturated carbocycles. The van der Waals surface area contributed by atoms with Crippen molar-refractivity contribution in [1.82, 2.24) is 9.29 Å². The molecule has 0 aliphatic heterocycles. The number of halogens is 1. The van der Waals surface area contributed by atoms with Gasteiger partial charge in [0, 0.05) is 19.3 Å². The van der Waals surface area contributed by atoms with Crippen molar-refractivity contribution in [2.45, 2.75) is 19.9 Å². The summed E-state index contributed by atoms with van der Waals surface area (Å²) < 4.78 is 27.2. The lowest BCUT2D eigenvalue weighted by Gasteiger charge is -2.21. The van der Waals surface area contributed by atoms with Crippen molar-refractivity contribution < 1.29 is 8.42 Å². The SMILES string of the molecule is CC(C)N(C)S(=O)(=O)Nc1cccnc1Cl. The second-order valence-corrected chi connectivity index (χ2v) is 5.65. The molecule has 0 aromatic carbocycles. The third-order valence-corrected chi connectivity index (χ3v) is 4.06. The lowest BCUT2D eigenvalue weighted by molar-refractivity contribution is 0.414. The van der Waals surface area contributed by atoms with Crippen molar-refractivity contribution in [3.8, 4) is 0 Å². The smallest absolute Gasteiger partial charge is 0.268 e. The van der Waals surface area contributed by atoms with Crippen LogP contribution in [-0.2, 0) is 10.2 Å². The Balaban J connectivity index is 2.94. The zero-order chi connectivity index (χ0) is 12.3. The van der Waals surface area contributed by atoms with Gasteiger partial charge < -0.3 is 0 Å². The number of pyridine rings is 1. The quantitative estimate of drug-likeness (QED) is 0.842. The molecule has 0 amide bonds. The lowest BCUT2D eigenvalue weighted by atomic mass is 10.4. The predicted molar refractivity (Wildman–Crippen MR) is 64.7 cm³/mol. The van der Waals surface area contributed by atoms with Gasteiger partial charge >= 0.3 is 10.2 Å². The van der Waals surface area contributed by atoms with Crippen LogP contribution in [0, 0.1) is 0 Å². The van der Waals surface area contributed by atoms with Gasteiger partial charge in [-0.1, -0.05) is 11.6 Å². The van der Waals surface area contributed by atoms with Crippen LogP contribution in [0.1, 0.15) is 13.8 Å². The first-order valence-corrected chi connectivity index (χ1v) is 6.52. The van der Waals surface area contributed by atoms with Crippen molar-refractivity contribution >= 4 is 27.5 Å². The van der Waals surface area contributed by atoms with Crippen LogP contribution in [0.25, 0.3) is 0 Å². The molecule has 1 aromatic rings. The average molecular weight is 264 g/mol. The van der Waals surface area contributed by atoms with Crippen LogP contribution < -0.4 is 4.72 Å². The molecule has 90 valence electrons. The summed E-state index contributed by atoms with van der Waals surface area (Å²) in [4.78, 5) is 3.79. The topological polar surface area (TPSA) is 62.3 Å². The number of rotatable bonds is 4. The van der Waals surface area contributed by atoms with Crippen LogP contribution >= 0.6 is 11.6 Å². The van der Waals surface area contributed by atoms with E-state index >= 15 is 0 Å². The third kappa shape index (κ3) is 3.07. The molecule has 5 nitrogen and oxygen atoms in total. The molecule has 1 N–H and O–H groups in total. The third-order valence-electron chi connectivity index (χ3n) is 2.10. The summed E-state index contributed by atoms with van der Waals surface area (Å²) >= 11 is 5.76. The van der Waals surface area contributed by atoms with E-state index in [1.54, 1.807) is 26.0 Å². The fourth-order valence-corrected chi connectivity index (χ4v) is 2.31. The zero-order valence-electron chi connectivity index (χ0n) is 9.31. The largest absolute Gasteiger partial charge is 0.301 e. The highest BCUT2D eigenvalue weighted by Gasteiger charge is 2.21. The fourth-order valence-electron chi connectivity index (χ4n) is 0.951. The van der Waals surface area contributed by atoms with E-state index in [-0.39, 0.29) is 16.9 Å². The van der Waals surface area contributed by atoms with Crippen LogP contribution in [0.4, 0.5) is 5.69 Å². The standard InChI is InChI=1S/C9H14ClN3O2S/c1-7(2)13(3)16(14,15)12-8-5-4-6-11-9(8)10/h4-7,12H,1-3H3. The molecule has 1 aromatic heterocycles. The highest BCUT2D eigenvalue weighted by atomic mass is 35.5. The molecule has 0 bridgehead atoms. The van der Waals surface area contributed by atoms with Gasteiger partial charge in [-0.25, -0.2) is 4.98 Å². The minimum absolute atomic E-state index is 0.128. The van der Waals surface area contributed by atoms with E-state index in [9.17, 15) is 8.42 Å². The molecule has 0 aliphatic carbocycles. The van der Waals surface area contributed by atoms with Crippen molar-refractivity contribution in [1.29, 1.82) is 0 Å². The predicted octanol–water partition coefficient (Wildman–Crippen LogP) is 1.73. The Morgan fingerprint density at radius 1 is 1.50 bits per heavy atom. The van der Waals surface area contributed by atoms with Gasteiger partial charge in [0.15, 0.2) is 5.15 Å². The molecular formula is C9H14ClN3O2S. The maximum Gasteiger partial charge on any atom is 0.301 e. The maximum atomic E-state index is 11.8. The molecule has 16 heavy (non-hydrogen) atoms. The Labute approximate surface area is 101 Å². The van der Waals surface area contributed by atoms with Gasteiger partial charge in [-0.15, -0.1) is 0 Å². The molecular weight excluding hydrogens is 250 g/mol. The second-order valence-electron chi connectivity index (χ2n) is 3.56. The molecule has 1 rings (SSSR count). The Kier molecular flexibility index (Phi) is 4.12. The van der Waals surface area contributed by atoms with Crippen LogP contribution in [0.2, 0.25) is 5.15 Å². The molecule has 0 aliphatic rings. The van der Waals surface area contributed by atoms with E-state index in [2.05, 4.69) is 9.71 Å². The van der Waals surface area contributed by atoms with E-state index in [0.29, 0.717) is 0 Å².